The molecule has 1 aliphatic heterocycles. The highest BCUT2D eigenvalue weighted by molar-refractivity contribution is 7.88. The number of piperidine rings is 1. The van der Waals surface area contributed by atoms with E-state index in [0.717, 1.165) is 18.6 Å². The van der Waals surface area contributed by atoms with Gasteiger partial charge < -0.3 is 4.90 Å². The zero-order chi connectivity index (χ0) is 13.2. The topological polar surface area (TPSA) is 75.2 Å². The minimum Gasteiger partial charge on any atom is -0.341 e. The summed E-state index contributed by atoms with van der Waals surface area (Å²) in [6.45, 7) is 1.30. The van der Waals surface area contributed by atoms with Crippen molar-refractivity contribution >= 4 is 16.0 Å². The summed E-state index contributed by atoms with van der Waals surface area (Å²) in [7, 11) is -3.16. The van der Waals surface area contributed by atoms with Gasteiger partial charge in [-0.15, -0.1) is 0 Å². The van der Waals surface area contributed by atoms with Crippen LogP contribution in [0.15, 0.2) is 12.4 Å². The highest BCUT2D eigenvalue weighted by atomic mass is 32.2. The van der Waals surface area contributed by atoms with Gasteiger partial charge in [-0.05, 0) is 12.8 Å². The number of aromatic nitrogens is 2. The molecule has 1 saturated heterocycles. The monoisotopic (exact) mass is 274 g/mol. The molecule has 0 saturated carbocycles. The SMILES string of the molecule is CS(=O)(=O)NC1CCN(c2ncc(F)cn2)CC1. The highest BCUT2D eigenvalue weighted by Crippen LogP contribution is 2.16. The minimum absolute atomic E-state index is 0.0447. The molecule has 1 aromatic rings. The van der Waals surface area contributed by atoms with Crippen molar-refractivity contribution in [3.05, 3.63) is 18.2 Å². The summed E-state index contributed by atoms with van der Waals surface area (Å²) in [6.07, 6.45) is 4.79. The lowest BCUT2D eigenvalue weighted by Crippen LogP contribution is -2.44. The van der Waals surface area contributed by atoms with Gasteiger partial charge in [-0.25, -0.2) is 27.5 Å². The molecule has 2 rings (SSSR count). The van der Waals surface area contributed by atoms with Crippen LogP contribution in [0.4, 0.5) is 10.3 Å². The Labute approximate surface area is 105 Å². The predicted molar refractivity (Wildman–Crippen MR) is 65.2 cm³/mol. The van der Waals surface area contributed by atoms with Crippen LogP contribution in [0.1, 0.15) is 12.8 Å². The summed E-state index contributed by atoms with van der Waals surface area (Å²) >= 11 is 0. The third-order valence-corrected chi connectivity index (χ3v) is 3.53. The molecular weight excluding hydrogens is 259 g/mol. The molecule has 0 spiro atoms. The maximum Gasteiger partial charge on any atom is 0.225 e. The average molecular weight is 274 g/mol. The minimum atomic E-state index is -3.16. The quantitative estimate of drug-likeness (QED) is 0.848. The molecule has 18 heavy (non-hydrogen) atoms. The molecule has 1 N–H and O–H groups in total. The molecule has 1 fully saturated rings. The maximum absolute atomic E-state index is 12.7. The third kappa shape index (κ3) is 3.61. The Morgan fingerprint density at radius 1 is 1.33 bits per heavy atom. The van der Waals surface area contributed by atoms with Crippen LogP contribution in [0.5, 0.6) is 0 Å². The van der Waals surface area contributed by atoms with Gasteiger partial charge in [0.1, 0.15) is 0 Å². The van der Waals surface area contributed by atoms with Gasteiger partial charge >= 0.3 is 0 Å². The molecular formula is C10H15FN4O2S. The van der Waals surface area contributed by atoms with E-state index >= 15 is 0 Å². The van der Waals surface area contributed by atoms with Crippen molar-refractivity contribution < 1.29 is 12.8 Å². The van der Waals surface area contributed by atoms with Crippen LogP contribution in [0, 0.1) is 5.82 Å². The summed E-state index contributed by atoms with van der Waals surface area (Å²) < 4.78 is 37.5. The van der Waals surface area contributed by atoms with Crippen LogP contribution in [-0.2, 0) is 10.0 Å². The van der Waals surface area contributed by atoms with Crippen LogP contribution < -0.4 is 9.62 Å². The van der Waals surface area contributed by atoms with Crippen LogP contribution >= 0.6 is 0 Å². The van der Waals surface area contributed by atoms with Crippen LogP contribution in [-0.4, -0.2) is 43.8 Å². The second-order valence-electron chi connectivity index (χ2n) is 4.35. The number of hydrogen-bond acceptors (Lipinski definition) is 5. The summed E-state index contributed by atoms with van der Waals surface area (Å²) in [5, 5.41) is 0. The fourth-order valence-electron chi connectivity index (χ4n) is 1.97. The van der Waals surface area contributed by atoms with Crippen LogP contribution in [0.2, 0.25) is 0 Å². The zero-order valence-corrected chi connectivity index (χ0v) is 10.8. The number of anilines is 1. The number of nitrogens with one attached hydrogen (secondary N) is 1. The van der Waals surface area contributed by atoms with E-state index in [1.54, 1.807) is 0 Å². The van der Waals surface area contributed by atoms with Gasteiger partial charge in [0.2, 0.25) is 16.0 Å². The lowest BCUT2D eigenvalue weighted by Gasteiger charge is -2.31. The van der Waals surface area contributed by atoms with Crippen molar-refractivity contribution in [1.82, 2.24) is 14.7 Å². The Morgan fingerprint density at radius 2 is 1.89 bits per heavy atom. The lowest BCUT2D eigenvalue weighted by molar-refractivity contribution is 0.457. The van der Waals surface area contributed by atoms with Gasteiger partial charge in [-0.1, -0.05) is 0 Å². The van der Waals surface area contributed by atoms with E-state index in [0.29, 0.717) is 31.9 Å². The molecule has 2 heterocycles. The molecule has 0 aromatic carbocycles. The van der Waals surface area contributed by atoms with Crippen molar-refractivity contribution in [3.8, 4) is 0 Å². The highest BCUT2D eigenvalue weighted by Gasteiger charge is 2.22. The number of hydrogen-bond donors (Lipinski definition) is 1. The molecule has 0 amide bonds. The van der Waals surface area contributed by atoms with Crippen LogP contribution in [0.25, 0.3) is 0 Å². The summed E-state index contributed by atoms with van der Waals surface area (Å²) in [5.74, 6) is 0.0154. The molecule has 0 atom stereocenters. The van der Waals surface area contributed by atoms with Gasteiger partial charge in [0.15, 0.2) is 5.82 Å². The summed E-state index contributed by atoms with van der Waals surface area (Å²) in [5.41, 5.74) is 0. The number of nitrogens with zero attached hydrogens (tertiary/aromatic N) is 3. The summed E-state index contributed by atoms with van der Waals surface area (Å²) in [6, 6.07) is -0.0447. The van der Waals surface area contributed by atoms with Crippen molar-refractivity contribution in [1.29, 1.82) is 0 Å². The molecule has 0 unspecified atom stereocenters. The zero-order valence-electron chi connectivity index (χ0n) is 10.0. The molecule has 1 aromatic heterocycles. The van der Waals surface area contributed by atoms with E-state index in [4.69, 9.17) is 0 Å². The number of halogens is 1. The van der Waals surface area contributed by atoms with Gasteiger partial charge in [0, 0.05) is 19.1 Å². The van der Waals surface area contributed by atoms with Gasteiger partial charge in [-0.2, -0.15) is 0 Å². The molecule has 8 heteroatoms. The normalized spacial score (nSPS) is 18.0. The third-order valence-electron chi connectivity index (χ3n) is 2.77. The van der Waals surface area contributed by atoms with E-state index in [2.05, 4.69) is 14.7 Å². The Kier molecular flexibility index (Phi) is 3.76. The average Bonchev–Trinajstić information content (AvgIpc) is 2.29. The van der Waals surface area contributed by atoms with E-state index in [9.17, 15) is 12.8 Å². The first-order valence-corrected chi connectivity index (χ1v) is 7.53. The first-order valence-electron chi connectivity index (χ1n) is 5.64. The molecule has 100 valence electrons. The van der Waals surface area contributed by atoms with Crippen molar-refractivity contribution in [2.24, 2.45) is 0 Å². The smallest absolute Gasteiger partial charge is 0.225 e. The van der Waals surface area contributed by atoms with Gasteiger partial charge in [0.05, 0.1) is 18.6 Å². The largest absolute Gasteiger partial charge is 0.341 e. The predicted octanol–water partition coefficient (Wildman–Crippen LogP) is 0.134. The Bertz CT molecular complexity index is 497. The van der Waals surface area contributed by atoms with Crippen molar-refractivity contribution in [3.63, 3.8) is 0 Å². The fourth-order valence-corrected chi connectivity index (χ4v) is 2.81. The Morgan fingerprint density at radius 3 is 2.39 bits per heavy atom. The second kappa shape index (κ2) is 5.15. The number of rotatable bonds is 3. The Hall–Kier alpha value is -1.28. The first kappa shape index (κ1) is 13.2. The van der Waals surface area contributed by atoms with Gasteiger partial charge in [0.25, 0.3) is 0 Å². The maximum atomic E-state index is 12.7. The van der Waals surface area contributed by atoms with Crippen molar-refractivity contribution in [2.75, 3.05) is 24.2 Å². The van der Waals surface area contributed by atoms with E-state index < -0.39 is 15.8 Å². The van der Waals surface area contributed by atoms with E-state index in [1.165, 1.54) is 0 Å². The number of sulfonamides is 1. The Balaban J connectivity index is 1.92. The van der Waals surface area contributed by atoms with E-state index in [1.807, 2.05) is 4.90 Å². The van der Waals surface area contributed by atoms with Crippen LogP contribution in [0.3, 0.4) is 0 Å². The molecule has 1 aliphatic rings. The van der Waals surface area contributed by atoms with Gasteiger partial charge in [-0.3, -0.25) is 0 Å². The molecule has 0 bridgehead atoms. The molecule has 0 aliphatic carbocycles. The summed E-state index contributed by atoms with van der Waals surface area (Å²) in [4.78, 5) is 9.72. The first-order chi connectivity index (χ1) is 8.44. The molecule has 0 radical (unpaired) electrons. The van der Waals surface area contributed by atoms with Crippen molar-refractivity contribution in [2.45, 2.75) is 18.9 Å². The van der Waals surface area contributed by atoms with E-state index in [-0.39, 0.29) is 6.04 Å². The standard InChI is InChI=1S/C10H15FN4O2S/c1-18(16,17)14-9-2-4-15(5-3-9)10-12-6-8(11)7-13-10/h6-7,9,14H,2-5H2,1H3. The second-order valence-corrected chi connectivity index (χ2v) is 6.13. The lowest BCUT2D eigenvalue weighted by atomic mass is 10.1. The molecule has 6 nitrogen and oxygen atoms in total. The fraction of sp³-hybridized carbons (Fsp3) is 0.600.